The second-order valence-corrected chi connectivity index (χ2v) is 7.14. The van der Waals surface area contributed by atoms with Crippen molar-refractivity contribution in [2.45, 2.75) is 37.8 Å². The van der Waals surface area contributed by atoms with E-state index in [0.717, 1.165) is 44.6 Å². The first-order chi connectivity index (χ1) is 11.2. The summed E-state index contributed by atoms with van der Waals surface area (Å²) in [6.45, 7) is 3.10. The van der Waals surface area contributed by atoms with Gasteiger partial charge in [-0.3, -0.25) is 4.79 Å². The Morgan fingerprint density at radius 1 is 1.35 bits per heavy atom. The first kappa shape index (κ1) is 18.3. The maximum Gasteiger partial charge on any atom is 0.249 e. The van der Waals surface area contributed by atoms with E-state index in [0.29, 0.717) is 6.42 Å². The fraction of sp³-hybridized carbons (Fsp3) is 0.611. The molecule has 0 aliphatic carbocycles. The average molecular weight is 337 g/mol. The normalized spacial score (nSPS) is 17.8. The maximum absolute atomic E-state index is 11.9. The van der Waals surface area contributed by atoms with Gasteiger partial charge in [0.25, 0.3) is 0 Å². The third kappa shape index (κ3) is 6.53. The zero-order valence-electron chi connectivity index (χ0n) is 13.9. The Bertz CT molecular complexity index is 461. The number of nitrogens with zero attached hydrogens (tertiary/aromatic N) is 1. The Balaban J connectivity index is 1.64. The van der Waals surface area contributed by atoms with Crippen LogP contribution in [0.15, 0.2) is 30.3 Å². The van der Waals surface area contributed by atoms with Gasteiger partial charge in [-0.2, -0.15) is 11.8 Å². The highest BCUT2D eigenvalue weighted by atomic mass is 32.2. The van der Waals surface area contributed by atoms with Gasteiger partial charge in [-0.25, -0.2) is 0 Å². The zero-order valence-corrected chi connectivity index (χ0v) is 14.7. The van der Waals surface area contributed by atoms with E-state index in [4.69, 9.17) is 0 Å². The van der Waals surface area contributed by atoms with Gasteiger partial charge in [0.1, 0.15) is 6.10 Å². The maximum atomic E-state index is 11.9. The lowest BCUT2D eigenvalue weighted by atomic mass is 10.0. The highest BCUT2D eigenvalue weighted by molar-refractivity contribution is 7.98. The molecule has 128 valence electrons. The molecule has 1 aromatic carbocycles. The van der Waals surface area contributed by atoms with Crippen LogP contribution >= 0.6 is 11.8 Å². The summed E-state index contributed by atoms with van der Waals surface area (Å²) in [4.78, 5) is 14.4. The smallest absolute Gasteiger partial charge is 0.249 e. The fourth-order valence-corrected chi connectivity index (χ4v) is 3.35. The lowest BCUT2D eigenvalue weighted by molar-refractivity contribution is -0.130. The number of nitrogens with one attached hydrogen (secondary N) is 1. The van der Waals surface area contributed by atoms with E-state index in [-0.39, 0.29) is 11.9 Å². The molecule has 1 fully saturated rings. The van der Waals surface area contributed by atoms with E-state index in [2.05, 4.69) is 34.5 Å². The highest BCUT2D eigenvalue weighted by Crippen LogP contribution is 2.12. The quantitative estimate of drug-likeness (QED) is 0.762. The lowest BCUT2D eigenvalue weighted by Crippen LogP contribution is -2.47. The molecule has 1 saturated heterocycles. The number of hydrogen-bond acceptors (Lipinski definition) is 4. The van der Waals surface area contributed by atoms with E-state index in [9.17, 15) is 9.90 Å². The average Bonchev–Trinajstić information content (AvgIpc) is 2.60. The molecule has 0 aromatic heterocycles. The molecule has 2 N–H and O–H groups in total. The Morgan fingerprint density at radius 2 is 2.04 bits per heavy atom. The molecular weight excluding hydrogens is 308 g/mol. The molecule has 5 heteroatoms. The van der Waals surface area contributed by atoms with Gasteiger partial charge in [-0.15, -0.1) is 0 Å². The Hall–Kier alpha value is -1.04. The van der Waals surface area contributed by atoms with Crippen molar-refractivity contribution < 1.29 is 9.90 Å². The van der Waals surface area contributed by atoms with Crippen LogP contribution in [0, 0.1) is 0 Å². The van der Waals surface area contributed by atoms with Crippen LogP contribution in [-0.4, -0.2) is 59.7 Å². The fourth-order valence-electron chi connectivity index (χ4n) is 2.89. The molecule has 2 rings (SSSR count). The molecule has 23 heavy (non-hydrogen) atoms. The molecule has 0 unspecified atom stereocenters. The zero-order chi connectivity index (χ0) is 16.5. The van der Waals surface area contributed by atoms with Crippen molar-refractivity contribution in [3.63, 3.8) is 0 Å². The Kier molecular flexibility index (Phi) is 7.92. The number of thioether (sulfide) groups is 1. The summed E-state index contributed by atoms with van der Waals surface area (Å²) in [5.41, 5.74) is 1.37. The van der Waals surface area contributed by atoms with Gasteiger partial charge in [0.15, 0.2) is 0 Å². The van der Waals surface area contributed by atoms with Crippen LogP contribution in [0.1, 0.15) is 24.8 Å². The van der Waals surface area contributed by atoms with Crippen molar-refractivity contribution in [3.8, 4) is 0 Å². The molecule has 1 heterocycles. The number of rotatable bonds is 8. The van der Waals surface area contributed by atoms with Crippen molar-refractivity contribution in [2.75, 3.05) is 31.6 Å². The summed E-state index contributed by atoms with van der Waals surface area (Å²) in [7, 11) is 0. The third-order valence-corrected chi connectivity index (χ3v) is 5.04. The number of likely N-dealkylation sites (tertiary alicyclic amines) is 1. The number of carbonyl (C=O) groups is 1. The number of benzene rings is 1. The number of hydrogen-bond donors (Lipinski definition) is 2. The van der Waals surface area contributed by atoms with Crippen molar-refractivity contribution in [3.05, 3.63) is 35.9 Å². The number of aliphatic hydroxyl groups excluding tert-OH is 1. The number of amides is 1. The van der Waals surface area contributed by atoms with Crippen LogP contribution in [0.3, 0.4) is 0 Å². The predicted molar refractivity (Wildman–Crippen MR) is 96.8 cm³/mol. The van der Waals surface area contributed by atoms with Crippen LogP contribution in [0.4, 0.5) is 0 Å². The highest BCUT2D eigenvalue weighted by Gasteiger charge is 2.23. The van der Waals surface area contributed by atoms with Gasteiger partial charge < -0.3 is 15.3 Å². The first-order valence-electron chi connectivity index (χ1n) is 8.42. The van der Waals surface area contributed by atoms with Gasteiger partial charge in [0, 0.05) is 25.7 Å². The van der Waals surface area contributed by atoms with Crippen LogP contribution in [0.5, 0.6) is 0 Å². The molecule has 1 aliphatic heterocycles. The molecule has 0 radical (unpaired) electrons. The standard InChI is InChI=1S/C18H28N2O2S/c1-23-14-10-17(21)18(22)19-16-8-12-20(13-9-16)11-7-15-5-3-2-4-6-15/h2-6,16-17,21H,7-14H2,1H3,(H,19,22)/t17-/m0/s1. The first-order valence-corrected chi connectivity index (χ1v) is 9.82. The molecular formula is C18H28N2O2S. The Morgan fingerprint density at radius 3 is 2.70 bits per heavy atom. The van der Waals surface area contributed by atoms with Gasteiger partial charge in [-0.05, 0) is 43.3 Å². The molecule has 0 spiro atoms. The number of piperidine rings is 1. The van der Waals surface area contributed by atoms with E-state index in [1.807, 2.05) is 12.3 Å². The second kappa shape index (κ2) is 9.96. The third-order valence-electron chi connectivity index (χ3n) is 4.39. The number of aliphatic hydroxyl groups is 1. The predicted octanol–water partition coefficient (Wildman–Crippen LogP) is 1.92. The van der Waals surface area contributed by atoms with E-state index in [1.165, 1.54) is 5.56 Å². The molecule has 1 amide bonds. The van der Waals surface area contributed by atoms with Crippen LogP contribution < -0.4 is 5.32 Å². The van der Waals surface area contributed by atoms with Gasteiger partial charge in [0.05, 0.1) is 0 Å². The second-order valence-electron chi connectivity index (χ2n) is 6.16. The van der Waals surface area contributed by atoms with E-state index in [1.54, 1.807) is 11.8 Å². The minimum Gasteiger partial charge on any atom is -0.383 e. The summed E-state index contributed by atoms with van der Waals surface area (Å²) in [6, 6.07) is 10.8. The van der Waals surface area contributed by atoms with Crippen molar-refractivity contribution in [1.29, 1.82) is 0 Å². The van der Waals surface area contributed by atoms with Crippen LogP contribution in [-0.2, 0) is 11.2 Å². The van der Waals surface area contributed by atoms with E-state index >= 15 is 0 Å². The minimum absolute atomic E-state index is 0.207. The van der Waals surface area contributed by atoms with Crippen molar-refractivity contribution in [2.24, 2.45) is 0 Å². The SMILES string of the molecule is CSCC[C@H](O)C(=O)NC1CCN(CCc2ccccc2)CC1. The summed E-state index contributed by atoms with van der Waals surface area (Å²) in [6.07, 6.45) is 4.66. The van der Waals surface area contributed by atoms with Crippen molar-refractivity contribution in [1.82, 2.24) is 10.2 Å². The monoisotopic (exact) mass is 336 g/mol. The summed E-state index contributed by atoms with van der Waals surface area (Å²) < 4.78 is 0. The summed E-state index contributed by atoms with van der Waals surface area (Å²) in [5.74, 6) is 0.605. The molecule has 0 bridgehead atoms. The largest absolute Gasteiger partial charge is 0.383 e. The van der Waals surface area contributed by atoms with Crippen LogP contribution in [0.25, 0.3) is 0 Å². The molecule has 1 aromatic rings. The summed E-state index contributed by atoms with van der Waals surface area (Å²) >= 11 is 1.65. The Labute approximate surface area is 143 Å². The summed E-state index contributed by atoms with van der Waals surface area (Å²) in [5, 5.41) is 12.8. The molecule has 0 saturated carbocycles. The minimum atomic E-state index is -0.862. The van der Waals surface area contributed by atoms with Gasteiger partial charge in [-0.1, -0.05) is 30.3 Å². The van der Waals surface area contributed by atoms with Gasteiger partial charge in [0.2, 0.25) is 5.91 Å². The van der Waals surface area contributed by atoms with Gasteiger partial charge >= 0.3 is 0 Å². The molecule has 1 atom stereocenters. The lowest BCUT2D eigenvalue weighted by Gasteiger charge is -2.32. The van der Waals surface area contributed by atoms with Crippen molar-refractivity contribution >= 4 is 17.7 Å². The number of carbonyl (C=O) groups excluding carboxylic acids is 1. The molecule has 4 nitrogen and oxygen atoms in total. The topological polar surface area (TPSA) is 52.6 Å². The van der Waals surface area contributed by atoms with Crippen LogP contribution in [0.2, 0.25) is 0 Å². The molecule has 1 aliphatic rings. The van der Waals surface area contributed by atoms with E-state index < -0.39 is 6.10 Å².